The number of carbonyl (C=O) groups excluding carboxylic acids is 1. The van der Waals surface area contributed by atoms with Crippen molar-refractivity contribution < 1.29 is 4.79 Å². The van der Waals surface area contributed by atoms with E-state index in [1.165, 1.54) is 11.3 Å². The van der Waals surface area contributed by atoms with E-state index >= 15 is 0 Å². The van der Waals surface area contributed by atoms with Gasteiger partial charge in [0.25, 0.3) is 5.91 Å². The predicted molar refractivity (Wildman–Crippen MR) is 77.4 cm³/mol. The van der Waals surface area contributed by atoms with Gasteiger partial charge in [0.2, 0.25) is 5.13 Å². The Balaban J connectivity index is 1.90. The normalized spacial score (nSPS) is 10.9. The molecule has 0 atom stereocenters. The number of nitrogens with zero attached hydrogens (tertiary/aromatic N) is 4. The largest absolute Gasteiger partial charge is 0.295 e. The Labute approximate surface area is 123 Å². The summed E-state index contributed by atoms with van der Waals surface area (Å²) in [5.74, 6) is -0.391. The van der Waals surface area contributed by atoms with Crippen LogP contribution in [0, 0.1) is 0 Å². The number of carbonyl (C=O) groups is 1. The minimum absolute atomic E-state index is 0.172. The summed E-state index contributed by atoms with van der Waals surface area (Å²) < 4.78 is 1.56. The zero-order chi connectivity index (χ0) is 14.1. The molecule has 0 spiro atoms. The third kappa shape index (κ3) is 2.25. The second kappa shape index (κ2) is 5.18. The summed E-state index contributed by atoms with van der Waals surface area (Å²) >= 11 is 7.51. The molecular formula is C12H10ClN5OS. The van der Waals surface area contributed by atoms with Gasteiger partial charge in [-0.05, 0) is 18.6 Å². The first kappa shape index (κ1) is 13.0. The fourth-order valence-electron chi connectivity index (χ4n) is 1.72. The smallest absolute Gasteiger partial charge is 0.279 e. The maximum atomic E-state index is 12.2. The second-order valence-corrected chi connectivity index (χ2v) is 5.44. The number of hydrogen-bond donors (Lipinski definition) is 1. The van der Waals surface area contributed by atoms with E-state index in [1.807, 2.05) is 19.1 Å². The Bertz CT molecular complexity index is 781. The second-order valence-electron chi connectivity index (χ2n) is 4.00. The number of rotatable bonds is 3. The van der Waals surface area contributed by atoms with Crippen molar-refractivity contribution >= 4 is 39.5 Å². The van der Waals surface area contributed by atoms with Crippen LogP contribution in [0.2, 0.25) is 5.02 Å². The first-order chi connectivity index (χ1) is 9.69. The molecule has 0 unspecified atom stereocenters. The number of nitrogens with one attached hydrogen (secondary N) is 1. The van der Waals surface area contributed by atoms with Gasteiger partial charge in [-0.25, -0.2) is 4.52 Å². The van der Waals surface area contributed by atoms with Crippen LogP contribution in [-0.4, -0.2) is 25.7 Å². The Hall–Kier alpha value is -1.99. The van der Waals surface area contributed by atoms with Crippen LogP contribution in [0.4, 0.5) is 5.13 Å². The number of pyridine rings is 1. The number of amides is 1. The topological polar surface area (TPSA) is 72.2 Å². The van der Waals surface area contributed by atoms with Gasteiger partial charge < -0.3 is 0 Å². The van der Waals surface area contributed by atoms with Crippen molar-refractivity contribution in [2.45, 2.75) is 13.3 Å². The summed E-state index contributed by atoms with van der Waals surface area (Å²) in [5, 5.41) is 16.3. The van der Waals surface area contributed by atoms with Gasteiger partial charge in [-0.1, -0.05) is 35.9 Å². The van der Waals surface area contributed by atoms with Crippen LogP contribution >= 0.6 is 22.9 Å². The number of hydrogen-bond acceptors (Lipinski definition) is 5. The van der Waals surface area contributed by atoms with Gasteiger partial charge in [0, 0.05) is 6.20 Å². The fourth-order valence-corrected chi connectivity index (χ4v) is 2.66. The molecule has 0 saturated heterocycles. The molecule has 20 heavy (non-hydrogen) atoms. The third-order valence-corrected chi connectivity index (χ3v) is 4.04. The Morgan fingerprint density at radius 3 is 3.00 bits per heavy atom. The van der Waals surface area contributed by atoms with Crippen molar-refractivity contribution in [1.29, 1.82) is 0 Å². The monoisotopic (exact) mass is 307 g/mol. The van der Waals surface area contributed by atoms with Gasteiger partial charge in [0.15, 0.2) is 5.69 Å². The Kier molecular flexibility index (Phi) is 3.37. The first-order valence-corrected chi connectivity index (χ1v) is 7.15. The fraction of sp³-hybridized carbons (Fsp3) is 0.167. The van der Waals surface area contributed by atoms with Crippen molar-refractivity contribution in [2.75, 3.05) is 5.32 Å². The van der Waals surface area contributed by atoms with Crippen molar-refractivity contribution in [3.8, 4) is 0 Å². The standard InChI is InChI=1S/C12H10ClN5OS/c1-2-8-15-16-12(20-8)14-11(19)10-9(13)7-5-3-4-6-18(7)17-10/h3-6H,2H2,1H3,(H,14,16,19). The number of halogens is 1. The van der Waals surface area contributed by atoms with Crippen LogP contribution in [0.5, 0.6) is 0 Å². The van der Waals surface area contributed by atoms with Crippen LogP contribution < -0.4 is 5.32 Å². The highest BCUT2D eigenvalue weighted by molar-refractivity contribution is 7.15. The minimum Gasteiger partial charge on any atom is -0.295 e. The summed E-state index contributed by atoms with van der Waals surface area (Å²) in [4.78, 5) is 12.2. The average molecular weight is 308 g/mol. The molecule has 0 aliphatic rings. The van der Waals surface area contributed by atoms with E-state index in [0.29, 0.717) is 15.7 Å². The van der Waals surface area contributed by atoms with Gasteiger partial charge in [-0.15, -0.1) is 10.2 Å². The van der Waals surface area contributed by atoms with Gasteiger partial charge in [-0.2, -0.15) is 5.10 Å². The Morgan fingerprint density at radius 2 is 2.30 bits per heavy atom. The lowest BCUT2D eigenvalue weighted by Crippen LogP contribution is -2.13. The van der Waals surface area contributed by atoms with Gasteiger partial charge in [-0.3, -0.25) is 10.1 Å². The van der Waals surface area contributed by atoms with Crippen molar-refractivity contribution in [3.05, 3.63) is 40.1 Å². The van der Waals surface area contributed by atoms with Crippen LogP contribution in [0.15, 0.2) is 24.4 Å². The lowest BCUT2D eigenvalue weighted by molar-refractivity contribution is 0.102. The number of aromatic nitrogens is 4. The summed E-state index contributed by atoms with van der Waals surface area (Å²) in [6.45, 7) is 1.98. The molecule has 3 heterocycles. The molecule has 3 aromatic heterocycles. The molecule has 8 heteroatoms. The molecule has 6 nitrogen and oxygen atoms in total. The molecule has 0 saturated carbocycles. The molecule has 0 bridgehead atoms. The average Bonchev–Trinajstić information content (AvgIpc) is 3.04. The van der Waals surface area contributed by atoms with Crippen molar-refractivity contribution in [1.82, 2.24) is 19.8 Å². The predicted octanol–water partition coefficient (Wildman–Crippen LogP) is 2.65. The van der Waals surface area contributed by atoms with Crippen molar-refractivity contribution in [3.63, 3.8) is 0 Å². The maximum absolute atomic E-state index is 12.2. The Morgan fingerprint density at radius 1 is 1.45 bits per heavy atom. The highest BCUT2D eigenvalue weighted by Crippen LogP contribution is 2.23. The highest BCUT2D eigenvalue weighted by atomic mass is 35.5. The third-order valence-electron chi connectivity index (χ3n) is 2.68. The van der Waals surface area contributed by atoms with E-state index in [9.17, 15) is 4.79 Å². The van der Waals surface area contributed by atoms with E-state index in [0.717, 1.165) is 11.4 Å². The molecule has 102 valence electrons. The number of aryl methyl sites for hydroxylation is 1. The highest BCUT2D eigenvalue weighted by Gasteiger charge is 2.19. The lowest BCUT2D eigenvalue weighted by Gasteiger charge is -1.96. The SMILES string of the molecule is CCc1nnc(NC(=O)c2nn3ccccc3c2Cl)s1. The molecule has 3 aromatic rings. The van der Waals surface area contributed by atoms with E-state index in [2.05, 4.69) is 20.6 Å². The van der Waals surface area contributed by atoms with Crippen LogP contribution in [-0.2, 0) is 6.42 Å². The molecule has 0 fully saturated rings. The molecule has 0 aliphatic carbocycles. The van der Waals surface area contributed by atoms with Gasteiger partial charge in [0.05, 0.1) is 10.5 Å². The maximum Gasteiger partial charge on any atom is 0.279 e. The molecule has 1 N–H and O–H groups in total. The van der Waals surface area contributed by atoms with E-state index < -0.39 is 5.91 Å². The van der Waals surface area contributed by atoms with E-state index in [1.54, 1.807) is 16.8 Å². The first-order valence-electron chi connectivity index (χ1n) is 5.95. The molecule has 0 aliphatic heterocycles. The van der Waals surface area contributed by atoms with Crippen LogP contribution in [0.1, 0.15) is 22.4 Å². The zero-order valence-electron chi connectivity index (χ0n) is 10.5. The molecule has 3 rings (SSSR count). The molecule has 0 radical (unpaired) electrons. The molecule has 0 aromatic carbocycles. The van der Waals surface area contributed by atoms with Crippen LogP contribution in [0.25, 0.3) is 5.52 Å². The van der Waals surface area contributed by atoms with Gasteiger partial charge >= 0.3 is 0 Å². The summed E-state index contributed by atoms with van der Waals surface area (Å²) in [5.41, 5.74) is 0.858. The van der Waals surface area contributed by atoms with Gasteiger partial charge in [0.1, 0.15) is 5.01 Å². The number of anilines is 1. The van der Waals surface area contributed by atoms with E-state index in [4.69, 9.17) is 11.6 Å². The van der Waals surface area contributed by atoms with Crippen LogP contribution in [0.3, 0.4) is 0 Å². The molecular weight excluding hydrogens is 298 g/mol. The van der Waals surface area contributed by atoms with Crippen molar-refractivity contribution in [2.24, 2.45) is 0 Å². The lowest BCUT2D eigenvalue weighted by atomic mass is 10.3. The summed E-state index contributed by atoms with van der Waals surface area (Å²) in [7, 11) is 0. The quantitative estimate of drug-likeness (QED) is 0.807. The van der Waals surface area contributed by atoms with E-state index in [-0.39, 0.29) is 5.69 Å². The minimum atomic E-state index is -0.391. The summed E-state index contributed by atoms with van der Waals surface area (Å²) in [6.07, 6.45) is 2.51. The zero-order valence-corrected chi connectivity index (χ0v) is 12.1. The number of fused-ring (bicyclic) bond motifs is 1. The summed E-state index contributed by atoms with van der Waals surface area (Å²) in [6, 6.07) is 5.45. The molecule has 1 amide bonds.